The van der Waals surface area contributed by atoms with Crippen LogP contribution in [0, 0.1) is 5.92 Å². The summed E-state index contributed by atoms with van der Waals surface area (Å²) in [5.41, 5.74) is 1.94. The highest BCUT2D eigenvalue weighted by atomic mass is 16.5. The lowest BCUT2D eigenvalue weighted by Crippen LogP contribution is -2.28. The van der Waals surface area contributed by atoms with Crippen LogP contribution >= 0.6 is 0 Å². The third kappa shape index (κ3) is 4.23. The Morgan fingerprint density at radius 1 is 1.25 bits per heavy atom. The van der Waals surface area contributed by atoms with E-state index in [2.05, 4.69) is 24.5 Å². The van der Waals surface area contributed by atoms with Crippen LogP contribution in [0.15, 0.2) is 24.3 Å². The summed E-state index contributed by atoms with van der Waals surface area (Å²) in [6, 6.07) is 8.36. The lowest BCUT2D eigenvalue weighted by atomic mass is 9.99. The number of hydrogen-bond acceptors (Lipinski definition) is 3. The van der Waals surface area contributed by atoms with Crippen molar-refractivity contribution in [2.45, 2.75) is 39.2 Å². The summed E-state index contributed by atoms with van der Waals surface area (Å²) in [4.78, 5) is 12.1. The van der Waals surface area contributed by atoms with Crippen molar-refractivity contribution >= 4 is 17.3 Å². The van der Waals surface area contributed by atoms with Gasteiger partial charge in [-0.05, 0) is 50.5 Å². The highest BCUT2D eigenvalue weighted by Crippen LogP contribution is 2.19. The van der Waals surface area contributed by atoms with Gasteiger partial charge in [0, 0.05) is 36.5 Å². The molecule has 1 saturated heterocycles. The fraction of sp³-hybridized carbons (Fsp3) is 0.562. The standard InChI is InChI=1S/C16H24N2O2/c1-3-12(2)17-14-4-6-15(7-5-14)18-16(19)13-8-10-20-11-9-13/h4-7,12-13,17H,3,8-11H2,1-2H3,(H,18,19). The molecule has 1 fully saturated rings. The lowest BCUT2D eigenvalue weighted by molar-refractivity contribution is -0.122. The SMILES string of the molecule is CCC(C)Nc1ccc(NC(=O)C2CCOCC2)cc1. The number of carbonyl (C=O) groups is 1. The van der Waals surface area contributed by atoms with E-state index in [9.17, 15) is 4.79 Å². The average molecular weight is 276 g/mol. The Kier molecular flexibility index (Phi) is 5.41. The van der Waals surface area contributed by atoms with Crippen molar-refractivity contribution in [1.82, 2.24) is 0 Å². The highest BCUT2D eigenvalue weighted by Gasteiger charge is 2.21. The summed E-state index contributed by atoms with van der Waals surface area (Å²) >= 11 is 0. The smallest absolute Gasteiger partial charge is 0.227 e. The molecular weight excluding hydrogens is 252 g/mol. The first-order valence-electron chi connectivity index (χ1n) is 7.44. The van der Waals surface area contributed by atoms with Crippen LogP contribution in [0.2, 0.25) is 0 Å². The lowest BCUT2D eigenvalue weighted by Gasteiger charge is -2.21. The molecule has 4 heteroatoms. The molecule has 2 N–H and O–H groups in total. The maximum Gasteiger partial charge on any atom is 0.227 e. The van der Waals surface area contributed by atoms with E-state index in [1.54, 1.807) is 0 Å². The van der Waals surface area contributed by atoms with Crippen molar-refractivity contribution in [3.63, 3.8) is 0 Å². The Morgan fingerprint density at radius 3 is 2.45 bits per heavy atom. The summed E-state index contributed by atoms with van der Waals surface area (Å²) in [7, 11) is 0. The van der Waals surface area contributed by atoms with Crippen LogP contribution in [0.1, 0.15) is 33.1 Å². The average Bonchev–Trinajstić information content (AvgIpc) is 2.50. The van der Waals surface area contributed by atoms with Crippen molar-refractivity contribution in [3.8, 4) is 0 Å². The zero-order valence-electron chi connectivity index (χ0n) is 12.3. The van der Waals surface area contributed by atoms with Crippen LogP contribution in [0.25, 0.3) is 0 Å². The molecule has 0 saturated carbocycles. The Bertz CT molecular complexity index is 425. The van der Waals surface area contributed by atoms with Gasteiger partial charge in [0.25, 0.3) is 0 Å². The van der Waals surface area contributed by atoms with Crippen LogP contribution in [-0.4, -0.2) is 25.2 Å². The molecule has 20 heavy (non-hydrogen) atoms. The number of amides is 1. The quantitative estimate of drug-likeness (QED) is 0.868. The van der Waals surface area contributed by atoms with E-state index in [0.717, 1.165) is 30.6 Å². The Labute approximate surface area is 120 Å². The van der Waals surface area contributed by atoms with E-state index >= 15 is 0 Å². The molecule has 1 aromatic rings. The molecule has 2 rings (SSSR count). The van der Waals surface area contributed by atoms with Crippen LogP contribution in [0.5, 0.6) is 0 Å². The third-order valence-corrected chi connectivity index (χ3v) is 3.77. The zero-order chi connectivity index (χ0) is 14.4. The molecule has 1 aliphatic rings. The molecular formula is C16H24N2O2. The van der Waals surface area contributed by atoms with Gasteiger partial charge < -0.3 is 15.4 Å². The van der Waals surface area contributed by atoms with Crippen molar-refractivity contribution in [1.29, 1.82) is 0 Å². The van der Waals surface area contributed by atoms with Gasteiger partial charge in [0.2, 0.25) is 5.91 Å². The van der Waals surface area contributed by atoms with Crippen molar-refractivity contribution < 1.29 is 9.53 Å². The van der Waals surface area contributed by atoms with E-state index in [0.29, 0.717) is 19.3 Å². The van der Waals surface area contributed by atoms with Gasteiger partial charge >= 0.3 is 0 Å². The number of benzene rings is 1. The van der Waals surface area contributed by atoms with Gasteiger partial charge in [0.15, 0.2) is 0 Å². The van der Waals surface area contributed by atoms with Crippen LogP contribution < -0.4 is 10.6 Å². The summed E-state index contributed by atoms with van der Waals surface area (Å²) < 4.78 is 5.28. The van der Waals surface area contributed by atoms with Gasteiger partial charge in [-0.15, -0.1) is 0 Å². The Balaban J connectivity index is 1.88. The van der Waals surface area contributed by atoms with Crippen LogP contribution in [0.3, 0.4) is 0 Å². The maximum absolute atomic E-state index is 12.1. The largest absolute Gasteiger partial charge is 0.383 e. The van der Waals surface area contributed by atoms with Gasteiger partial charge in [0.1, 0.15) is 0 Å². The molecule has 0 aliphatic carbocycles. The van der Waals surface area contributed by atoms with Crippen molar-refractivity contribution in [3.05, 3.63) is 24.3 Å². The maximum atomic E-state index is 12.1. The second kappa shape index (κ2) is 7.29. The van der Waals surface area contributed by atoms with Gasteiger partial charge in [-0.1, -0.05) is 6.92 Å². The summed E-state index contributed by atoms with van der Waals surface area (Å²) in [5, 5.41) is 6.39. The van der Waals surface area contributed by atoms with E-state index in [1.807, 2.05) is 24.3 Å². The molecule has 0 spiro atoms. The number of rotatable bonds is 5. The first-order chi connectivity index (χ1) is 9.69. The van der Waals surface area contributed by atoms with Crippen LogP contribution in [0.4, 0.5) is 11.4 Å². The second-order valence-electron chi connectivity index (χ2n) is 5.41. The monoisotopic (exact) mass is 276 g/mol. The van der Waals surface area contributed by atoms with E-state index < -0.39 is 0 Å². The van der Waals surface area contributed by atoms with Gasteiger partial charge in [-0.2, -0.15) is 0 Å². The van der Waals surface area contributed by atoms with Crippen molar-refractivity contribution in [2.75, 3.05) is 23.8 Å². The number of nitrogens with one attached hydrogen (secondary N) is 2. The van der Waals surface area contributed by atoms with E-state index in [-0.39, 0.29) is 11.8 Å². The number of ether oxygens (including phenoxy) is 1. The fourth-order valence-corrected chi connectivity index (χ4v) is 2.24. The molecule has 110 valence electrons. The number of carbonyl (C=O) groups excluding carboxylic acids is 1. The first-order valence-corrected chi connectivity index (χ1v) is 7.44. The van der Waals surface area contributed by atoms with E-state index in [1.165, 1.54) is 0 Å². The zero-order valence-corrected chi connectivity index (χ0v) is 12.3. The molecule has 0 bridgehead atoms. The predicted molar refractivity (Wildman–Crippen MR) is 82.0 cm³/mol. The predicted octanol–water partition coefficient (Wildman–Crippen LogP) is 3.26. The highest BCUT2D eigenvalue weighted by molar-refractivity contribution is 5.92. The Hall–Kier alpha value is -1.55. The fourth-order valence-electron chi connectivity index (χ4n) is 2.24. The van der Waals surface area contributed by atoms with Gasteiger partial charge in [-0.25, -0.2) is 0 Å². The topological polar surface area (TPSA) is 50.4 Å². The van der Waals surface area contributed by atoms with Crippen molar-refractivity contribution in [2.24, 2.45) is 5.92 Å². The van der Waals surface area contributed by atoms with Gasteiger partial charge in [-0.3, -0.25) is 4.79 Å². The first kappa shape index (κ1) is 14.9. The Morgan fingerprint density at radius 2 is 1.85 bits per heavy atom. The molecule has 1 aromatic carbocycles. The molecule has 4 nitrogen and oxygen atoms in total. The molecule has 1 unspecified atom stereocenters. The van der Waals surface area contributed by atoms with Gasteiger partial charge in [0.05, 0.1) is 0 Å². The minimum Gasteiger partial charge on any atom is -0.383 e. The third-order valence-electron chi connectivity index (χ3n) is 3.77. The van der Waals surface area contributed by atoms with Crippen LogP contribution in [-0.2, 0) is 9.53 Å². The molecule has 0 radical (unpaired) electrons. The molecule has 1 atom stereocenters. The molecule has 1 heterocycles. The normalized spacial score (nSPS) is 17.5. The number of anilines is 2. The second-order valence-corrected chi connectivity index (χ2v) is 5.41. The summed E-state index contributed by atoms with van der Waals surface area (Å²) in [6.45, 7) is 5.69. The minimum atomic E-state index is 0.0849. The summed E-state index contributed by atoms with van der Waals surface area (Å²) in [5.74, 6) is 0.192. The van der Waals surface area contributed by atoms with E-state index in [4.69, 9.17) is 4.74 Å². The molecule has 1 aliphatic heterocycles. The molecule has 1 amide bonds. The number of hydrogen-bond donors (Lipinski definition) is 2. The summed E-state index contributed by atoms with van der Waals surface area (Å²) in [6.07, 6.45) is 2.72. The molecule has 0 aromatic heterocycles. The minimum absolute atomic E-state index is 0.0849.